The highest BCUT2D eigenvalue weighted by Crippen LogP contribution is 2.34. The number of anilines is 1. The van der Waals surface area contributed by atoms with E-state index in [9.17, 15) is 5.11 Å². The SMILES string of the molecule is Nc1ccnc(CN(CCCO)C2CCCc3ccccc32)n1. The molecule has 3 N–H and O–H groups in total. The van der Waals surface area contributed by atoms with Crippen LogP contribution in [0.2, 0.25) is 0 Å². The fourth-order valence-corrected chi connectivity index (χ4v) is 3.40. The van der Waals surface area contributed by atoms with E-state index in [1.165, 1.54) is 17.5 Å². The van der Waals surface area contributed by atoms with E-state index >= 15 is 0 Å². The maximum absolute atomic E-state index is 9.24. The van der Waals surface area contributed by atoms with Crippen molar-refractivity contribution in [2.75, 3.05) is 18.9 Å². The van der Waals surface area contributed by atoms with Crippen LogP contribution in [0.15, 0.2) is 36.5 Å². The van der Waals surface area contributed by atoms with Crippen LogP contribution in [-0.2, 0) is 13.0 Å². The minimum atomic E-state index is 0.197. The van der Waals surface area contributed by atoms with Crippen molar-refractivity contribution in [3.05, 3.63) is 53.5 Å². The first kappa shape index (κ1) is 15.9. The first-order valence-corrected chi connectivity index (χ1v) is 8.28. The second-order valence-corrected chi connectivity index (χ2v) is 6.05. The van der Waals surface area contributed by atoms with E-state index in [1.807, 2.05) is 0 Å². The minimum Gasteiger partial charge on any atom is -0.396 e. The van der Waals surface area contributed by atoms with Crippen molar-refractivity contribution in [2.45, 2.75) is 38.3 Å². The van der Waals surface area contributed by atoms with Gasteiger partial charge in [-0.25, -0.2) is 9.97 Å². The van der Waals surface area contributed by atoms with Crippen molar-refractivity contribution in [1.29, 1.82) is 0 Å². The van der Waals surface area contributed by atoms with Crippen molar-refractivity contribution >= 4 is 5.82 Å². The van der Waals surface area contributed by atoms with Crippen LogP contribution >= 0.6 is 0 Å². The number of nitrogen functional groups attached to an aromatic ring is 1. The molecule has 3 rings (SSSR count). The average molecular weight is 312 g/mol. The van der Waals surface area contributed by atoms with E-state index in [0.29, 0.717) is 18.4 Å². The number of nitrogens with zero attached hydrogens (tertiary/aromatic N) is 3. The predicted octanol–water partition coefficient (Wildman–Crippen LogP) is 2.32. The summed E-state index contributed by atoms with van der Waals surface area (Å²) in [5.41, 5.74) is 8.62. The fraction of sp³-hybridized carbons (Fsp3) is 0.444. The minimum absolute atomic E-state index is 0.197. The van der Waals surface area contributed by atoms with E-state index in [2.05, 4.69) is 39.1 Å². The Labute approximate surface area is 137 Å². The third-order valence-electron chi connectivity index (χ3n) is 4.45. The number of hydrogen-bond acceptors (Lipinski definition) is 5. The van der Waals surface area contributed by atoms with E-state index < -0.39 is 0 Å². The van der Waals surface area contributed by atoms with Crippen molar-refractivity contribution in [3.63, 3.8) is 0 Å². The monoisotopic (exact) mass is 312 g/mol. The molecule has 1 heterocycles. The Kier molecular flexibility index (Phi) is 5.20. The van der Waals surface area contributed by atoms with Crippen LogP contribution in [0.5, 0.6) is 0 Å². The molecule has 1 aliphatic carbocycles. The van der Waals surface area contributed by atoms with Crippen LogP contribution in [0.1, 0.15) is 42.3 Å². The Morgan fingerprint density at radius 3 is 2.96 bits per heavy atom. The molecule has 122 valence electrons. The molecule has 23 heavy (non-hydrogen) atoms. The van der Waals surface area contributed by atoms with E-state index in [4.69, 9.17) is 5.73 Å². The van der Waals surface area contributed by atoms with Crippen LogP contribution in [-0.4, -0.2) is 33.1 Å². The van der Waals surface area contributed by atoms with Gasteiger partial charge in [0.2, 0.25) is 0 Å². The predicted molar refractivity (Wildman–Crippen MR) is 90.7 cm³/mol. The van der Waals surface area contributed by atoms with Gasteiger partial charge in [-0.3, -0.25) is 4.90 Å². The summed E-state index contributed by atoms with van der Waals surface area (Å²) in [7, 11) is 0. The Morgan fingerprint density at radius 1 is 1.26 bits per heavy atom. The molecular formula is C18H24N4O. The lowest BCUT2D eigenvalue weighted by molar-refractivity contribution is 0.148. The molecule has 1 aromatic heterocycles. The second kappa shape index (κ2) is 7.53. The summed E-state index contributed by atoms with van der Waals surface area (Å²) in [5, 5.41) is 9.24. The third kappa shape index (κ3) is 3.86. The molecule has 0 saturated heterocycles. The van der Waals surface area contributed by atoms with Crippen LogP contribution in [0, 0.1) is 0 Å². The molecule has 1 unspecified atom stereocenters. The summed E-state index contributed by atoms with van der Waals surface area (Å²) < 4.78 is 0. The summed E-state index contributed by atoms with van der Waals surface area (Å²) >= 11 is 0. The molecule has 0 amide bonds. The number of nitrogens with two attached hydrogens (primary N) is 1. The van der Waals surface area contributed by atoms with Gasteiger partial charge >= 0.3 is 0 Å². The maximum atomic E-state index is 9.24. The van der Waals surface area contributed by atoms with Gasteiger partial charge < -0.3 is 10.8 Å². The quantitative estimate of drug-likeness (QED) is 0.856. The Hall–Kier alpha value is -1.98. The summed E-state index contributed by atoms with van der Waals surface area (Å²) in [4.78, 5) is 11.1. The molecule has 0 bridgehead atoms. The Morgan fingerprint density at radius 2 is 2.13 bits per heavy atom. The molecule has 2 aromatic rings. The number of aliphatic hydroxyl groups excluding tert-OH is 1. The molecule has 0 spiro atoms. The average Bonchev–Trinajstić information content (AvgIpc) is 2.58. The highest BCUT2D eigenvalue weighted by molar-refractivity contribution is 5.32. The fourth-order valence-electron chi connectivity index (χ4n) is 3.40. The topological polar surface area (TPSA) is 75.3 Å². The van der Waals surface area contributed by atoms with Gasteiger partial charge in [0.1, 0.15) is 11.6 Å². The molecule has 0 radical (unpaired) electrons. The molecule has 0 aliphatic heterocycles. The summed E-state index contributed by atoms with van der Waals surface area (Å²) in [5.74, 6) is 1.24. The molecule has 5 nitrogen and oxygen atoms in total. The molecule has 0 saturated carbocycles. The largest absolute Gasteiger partial charge is 0.396 e. The molecule has 1 aromatic carbocycles. The number of hydrogen-bond donors (Lipinski definition) is 2. The van der Waals surface area contributed by atoms with Gasteiger partial charge in [-0.05, 0) is 42.9 Å². The lowest BCUT2D eigenvalue weighted by Gasteiger charge is -2.35. The standard InChI is InChI=1S/C18H24N4O/c19-17-9-10-20-18(21-17)13-22(11-4-12-23)16-8-3-6-14-5-1-2-7-15(14)16/h1-2,5,7,9-10,16,23H,3-4,6,8,11-13H2,(H2,19,20,21). The maximum Gasteiger partial charge on any atom is 0.144 e. The van der Waals surface area contributed by atoms with Crippen LogP contribution < -0.4 is 5.73 Å². The first-order valence-electron chi connectivity index (χ1n) is 8.28. The summed E-state index contributed by atoms with van der Waals surface area (Å²) in [6.45, 7) is 1.68. The summed E-state index contributed by atoms with van der Waals surface area (Å²) in [6.07, 6.45) is 5.92. The number of benzene rings is 1. The smallest absolute Gasteiger partial charge is 0.144 e. The van der Waals surface area contributed by atoms with Gasteiger partial charge in [0.05, 0.1) is 6.54 Å². The zero-order valence-corrected chi connectivity index (χ0v) is 13.4. The second-order valence-electron chi connectivity index (χ2n) is 6.05. The lowest BCUT2D eigenvalue weighted by atomic mass is 9.86. The van der Waals surface area contributed by atoms with Gasteiger partial charge in [-0.2, -0.15) is 0 Å². The van der Waals surface area contributed by atoms with Crippen molar-refractivity contribution in [3.8, 4) is 0 Å². The van der Waals surface area contributed by atoms with E-state index in [0.717, 1.165) is 31.6 Å². The molecule has 1 atom stereocenters. The van der Waals surface area contributed by atoms with Crippen molar-refractivity contribution in [2.24, 2.45) is 0 Å². The van der Waals surface area contributed by atoms with Gasteiger partial charge in [-0.15, -0.1) is 0 Å². The normalized spacial score (nSPS) is 17.2. The van der Waals surface area contributed by atoms with Gasteiger partial charge in [0.25, 0.3) is 0 Å². The third-order valence-corrected chi connectivity index (χ3v) is 4.45. The zero-order chi connectivity index (χ0) is 16.1. The summed E-state index contributed by atoms with van der Waals surface area (Å²) in [6, 6.07) is 10.7. The Bertz CT molecular complexity index is 646. The highest BCUT2D eigenvalue weighted by Gasteiger charge is 2.26. The van der Waals surface area contributed by atoms with Gasteiger partial charge in [0.15, 0.2) is 0 Å². The molecule has 1 aliphatic rings. The first-order chi connectivity index (χ1) is 11.3. The van der Waals surface area contributed by atoms with Crippen molar-refractivity contribution < 1.29 is 5.11 Å². The number of aryl methyl sites for hydroxylation is 1. The molecule has 5 heteroatoms. The highest BCUT2D eigenvalue weighted by atomic mass is 16.3. The van der Waals surface area contributed by atoms with Crippen LogP contribution in [0.3, 0.4) is 0 Å². The number of aromatic nitrogens is 2. The molecule has 0 fully saturated rings. The van der Waals surface area contributed by atoms with Crippen LogP contribution in [0.4, 0.5) is 5.82 Å². The number of fused-ring (bicyclic) bond motifs is 1. The molecular weight excluding hydrogens is 288 g/mol. The van der Waals surface area contributed by atoms with Gasteiger partial charge in [-0.1, -0.05) is 24.3 Å². The van der Waals surface area contributed by atoms with E-state index in [-0.39, 0.29) is 6.61 Å². The zero-order valence-electron chi connectivity index (χ0n) is 13.4. The Balaban J connectivity index is 1.84. The number of aliphatic hydroxyl groups is 1. The van der Waals surface area contributed by atoms with E-state index in [1.54, 1.807) is 12.3 Å². The van der Waals surface area contributed by atoms with Crippen LogP contribution in [0.25, 0.3) is 0 Å². The van der Waals surface area contributed by atoms with Gasteiger partial charge in [0, 0.05) is 25.4 Å². The number of rotatable bonds is 6. The van der Waals surface area contributed by atoms with Crippen molar-refractivity contribution in [1.82, 2.24) is 14.9 Å². The lowest BCUT2D eigenvalue weighted by Crippen LogP contribution is -2.33.